The lowest BCUT2D eigenvalue weighted by Gasteiger charge is -2.18. The highest BCUT2D eigenvalue weighted by Gasteiger charge is 2.20. The summed E-state index contributed by atoms with van der Waals surface area (Å²) in [5, 5.41) is 2.53. The molecule has 0 amide bonds. The van der Waals surface area contributed by atoms with Crippen molar-refractivity contribution in [3.63, 3.8) is 0 Å². The minimum absolute atomic E-state index is 0.324. The van der Waals surface area contributed by atoms with E-state index in [4.69, 9.17) is 10.5 Å². The van der Waals surface area contributed by atoms with Gasteiger partial charge in [0, 0.05) is 41.9 Å². The molecule has 1 heterocycles. The van der Waals surface area contributed by atoms with E-state index in [9.17, 15) is 0 Å². The first-order chi connectivity index (χ1) is 13.2. The van der Waals surface area contributed by atoms with Crippen LogP contribution in [0.15, 0.2) is 65.6 Å². The highest BCUT2D eigenvalue weighted by atomic mass is 32.2. The Labute approximate surface area is 165 Å². The molecule has 140 valence electrons. The van der Waals surface area contributed by atoms with Gasteiger partial charge in [0.1, 0.15) is 5.75 Å². The van der Waals surface area contributed by atoms with Crippen LogP contribution in [0.1, 0.15) is 17.5 Å². The summed E-state index contributed by atoms with van der Waals surface area (Å²) < 4.78 is 5.66. The van der Waals surface area contributed by atoms with Crippen LogP contribution in [-0.4, -0.2) is 31.1 Å². The number of nitrogens with two attached hydrogens (primary N) is 1. The van der Waals surface area contributed by atoms with Crippen LogP contribution < -0.4 is 10.5 Å². The largest absolute Gasteiger partial charge is 0.496 e. The standard InChI is InChI=1S/C23H26N2OS/c1-26-22-11-10-17-6-2-4-8-20(17)21(22)16-27-23-9-5-3-7-18(23)14-25-13-12-19(24)15-25/h2-11,19H,12-16,24H2,1H3. The van der Waals surface area contributed by atoms with Gasteiger partial charge in [0.25, 0.3) is 0 Å². The van der Waals surface area contributed by atoms with E-state index in [1.807, 2.05) is 11.8 Å². The normalized spacial score (nSPS) is 17.5. The Morgan fingerprint density at radius 1 is 1.07 bits per heavy atom. The minimum atomic E-state index is 0.324. The molecule has 1 saturated heterocycles. The maximum absolute atomic E-state index is 6.08. The van der Waals surface area contributed by atoms with Crippen LogP contribution >= 0.6 is 11.8 Å². The zero-order chi connectivity index (χ0) is 18.6. The molecule has 0 bridgehead atoms. The van der Waals surface area contributed by atoms with Gasteiger partial charge in [0.05, 0.1) is 7.11 Å². The fourth-order valence-corrected chi connectivity index (χ4v) is 4.92. The Bertz CT molecular complexity index is 927. The maximum atomic E-state index is 6.08. The summed E-state index contributed by atoms with van der Waals surface area (Å²) in [6.45, 7) is 3.07. The molecule has 3 aromatic rings. The Kier molecular flexibility index (Phi) is 5.67. The first-order valence-corrected chi connectivity index (χ1v) is 10.5. The molecule has 4 heteroatoms. The highest BCUT2D eigenvalue weighted by molar-refractivity contribution is 7.98. The van der Waals surface area contributed by atoms with E-state index in [-0.39, 0.29) is 0 Å². The molecule has 1 atom stereocenters. The molecule has 0 radical (unpaired) electrons. The molecule has 0 saturated carbocycles. The lowest BCUT2D eigenvalue weighted by Crippen LogP contribution is -2.26. The average Bonchev–Trinajstić information content (AvgIpc) is 3.11. The van der Waals surface area contributed by atoms with Gasteiger partial charge in [-0.25, -0.2) is 0 Å². The van der Waals surface area contributed by atoms with E-state index in [2.05, 4.69) is 65.6 Å². The smallest absolute Gasteiger partial charge is 0.123 e. The number of benzene rings is 3. The second kappa shape index (κ2) is 8.34. The molecule has 3 nitrogen and oxygen atoms in total. The van der Waals surface area contributed by atoms with Gasteiger partial charge >= 0.3 is 0 Å². The van der Waals surface area contributed by atoms with E-state index < -0.39 is 0 Å². The van der Waals surface area contributed by atoms with Gasteiger partial charge in [0.15, 0.2) is 0 Å². The van der Waals surface area contributed by atoms with Crippen LogP contribution in [0.4, 0.5) is 0 Å². The van der Waals surface area contributed by atoms with Gasteiger partial charge in [-0.15, -0.1) is 11.8 Å². The van der Waals surface area contributed by atoms with Gasteiger partial charge in [-0.2, -0.15) is 0 Å². The molecule has 27 heavy (non-hydrogen) atoms. The van der Waals surface area contributed by atoms with Crippen molar-refractivity contribution in [1.82, 2.24) is 4.90 Å². The molecule has 1 fully saturated rings. The van der Waals surface area contributed by atoms with Crippen LogP contribution in [0.25, 0.3) is 10.8 Å². The van der Waals surface area contributed by atoms with Crippen molar-refractivity contribution in [3.8, 4) is 5.75 Å². The number of nitrogens with zero attached hydrogens (tertiary/aromatic N) is 1. The summed E-state index contributed by atoms with van der Waals surface area (Å²) in [5.74, 6) is 1.85. The Hall–Kier alpha value is -2.01. The second-order valence-corrected chi connectivity index (χ2v) is 8.16. The third kappa shape index (κ3) is 4.13. The molecule has 1 aliphatic heterocycles. The summed E-state index contributed by atoms with van der Waals surface area (Å²) in [6.07, 6.45) is 1.10. The van der Waals surface area contributed by atoms with Crippen molar-refractivity contribution in [2.45, 2.75) is 29.7 Å². The van der Waals surface area contributed by atoms with E-state index in [1.165, 1.54) is 26.8 Å². The van der Waals surface area contributed by atoms with E-state index in [0.717, 1.165) is 37.6 Å². The predicted octanol–water partition coefficient (Wildman–Crippen LogP) is 4.67. The third-order valence-electron chi connectivity index (χ3n) is 5.26. The number of rotatable bonds is 6. The number of likely N-dealkylation sites (tertiary alicyclic amines) is 1. The molecule has 0 aromatic heterocycles. The van der Waals surface area contributed by atoms with Gasteiger partial charge in [-0.3, -0.25) is 4.90 Å². The van der Waals surface area contributed by atoms with Crippen molar-refractivity contribution in [2.24, 2.45) is 5.73 Å². The number of ether oxygens (including phenoxy) is 1. The molecule has 1 aliphatic rings. The van der Waals surface area contributed by atoms with Crippen molar-refractivity contribution in [1.29, 1.82) is 0 Å². The van der Waals surface area contributed by atoms with Crippen molar-refractivity contribution >= 4 is 22.5 Å². The van der Waals surface area contributed by atoms with Gasteiger partial charge in [-0.1, -0.05) is 48.5 Å². The summed E-state index contributed by atoms with van der Waals surface area (Å²) >= 11 is 1.89. The van der Waals surface area contributed by atoms with E-state index in [0.29, 0.717) is 6.04 Å². The van der Waals surface area contributed by atoms with Crippen LogP contribution in [0.3, 0.4) is 0 Å². The molecular weight excluding hydrogens is 352 g/mol. The number of methoxy groups -OCH3 is 1. The Balaban J connectivity index is 1.57. The van der Waals surface area contributed by atoms with E-state index >= 15 is 0 Å². The van der Waals surface area contributed by atoms with Crippen molar-refractivity contribution in [2.75, 3.05) is 20.2 Å². The maximum Gasteiger partial charge on any atom is 0.123 e. The van der Waals surface area contributed by atoms with Crippen LogP contribution in [0, 0.1) is 0 Å². The molecule has 4 rings (SSSR count). The fourth-order valence-electron chi connectivity index (χ4n) is 3.83. The zero-order valence-electron chi connectivity index (χ0n) is 15.7. The average molecular weight is 379 g/mol. The van der Waals surface area contributed by atoms with Gasteiger partial charge in [-0.05, 0) is 34.9 Å². The summed E-state index contributed by atoms with van der Waals surface area (Å²) in [6, 6.07) is 21.8. The highest BCUT2D eigenvalue weighted by Crippen LogP contribution is 2.35. The molecule has 3 aromatic carbocycles. The molecule has 0 aliphatic carbocycles. The summed E-state index contributed by atoms with van der Waals surface area (Å²) in [4.78, 5) is 3.80. The molecular formula is C23H26N2OS. The third-order valence-corrected chi connectivity index (χ3v) is 6.41. The topological polar surface area (TPSA) is 38.5 Å². The number of thioether (sulfide) groups is 1. The second-order valence-electron chi connectivity index (χ2n) is 7.15. The lowest BCUT2D eigenvalue weighted by atomic mass is 10.0. The molecule has 0 spiro atoms. The quantitative estimate of drug-likeness (QED) is 0.633. The van der Waals surface area contributed by atoms with Crippen LogP contribution in [0.2, 0.25) is 0 Å². The Morgan fingerprint density at radius 3 is 2.70 bits per heavy atom. The Morgan fingerprint density at radius 2 is 1.89 bits per heavy atom. The number of hydrogen-bond donors (Lipinski definition) is 1. The summed E-state index contributed by atoms with van der Waals surface area (Å²) in [7, 11) is 1.75. The van der Waals surface area contributed by atoms with Gasteiger partial charge < -0.3 is 10.5 Å². The monoisotopic (exact) mass is 378 g/mol. The minimum Gasteiger partial charge on any atom is -0.496 e. The lowest BCUT2D eigenvalue weighted by molar-refractivity contribution is 0.324. The first-order valence-electron chi connectivity index (χ1n) is 9.48. The van der Waals surface area contributed by atoms with Gasteiger partial charge in [0.2, 0.25) is 0 Å². The number of fused-ring (bicyclic) bond motifs is 1. The van der Waals surface area contributed by atoms with Crippen molar-refractivity contribution in [3.05, 3.63) is 71.8 Å². The molecule has 2 N–H and O–H groups in total. The summed E-state index contributed by atoms with van der Waals surface area (Å²) in [5.41, 5.74) is 8.72. The SMILES string of the molecule is COc1ccc2ccccc2c1CSc1ccccc1CN1CCC(N)C1. The first kappa shape index (κ1) is 18.4. The fraction of sp³-hybridized carbons (Fsp3) is 0.304. The van der Waals surface area contributed by atoms with Crippen molar-refractivity contribution < 1.29 is 4.74 Å². The van der Waals surface area contributed by atoms with Crippen LogP contribution in [-0.2, 0) is 12.3 Å². The van der Waals surface area contributed by atoms with E-state index in [1.54, 1.807) is 7.11 Å². The molecule has 1 unspecified atom stereocenters. The van der Waals surface area contributed by atoms with Crippen LogP contribution in [0.5, 0.6) is 5.75 Å². The number of hydrogen-bond acceptors (Lipinski definition) is 4. The zero-order valence-corrected chi connectivity index (χ0v) is 16.5. The predicted molar refractivity (Wildman–Crippen MR) is 114 cm³/mol.